The molecule has 1 aliphatic heterocycles. The number of aryl methyl sites for hydroxylation is 2. The first-order valence-corrected chi connectivity index (χ1v) is 17.5. The van der Waals surface area contributed by atoms with Crippen molar-refractivity contribution < 1.29 is 18.8 Å². The van der Waals surface area contributed by atoms with Gasteiger partial charge in [0.2, 0.25) is 5.91 Å². The molecule has 4 N–H and O–H groups in total. The summed E-state index contributed by atoms with van der Waals surface area (Å²) in [7, 11) is 0. The van der Waals surface area contributed by atoms with E-state index in [2.05, 4.69) is 42.6 Å². The maximum absolute atomic E-state index is 14.3. The summed E-state index contributed by atoms with van der Waals surface area (Å²) < 4.78 is 14.3. The molecular weight excluding hydrogens is 649 g/mol. The van der Waals surface area contributed by atoms with E-state index in [1.54, 1.807) is 29.2 Å². The van der Waals surface area contributed by atoms with E-state index in [4.69, 9.17) is 0 Å². The molecule has 3 amide bonds. The van der Waals surface area contributed by atoms with Gasteiger partial charge in [-0.05, 0) is 116 Å². The lowest BCUT2D eigenvalue weighted by atomic mass is 9.67. The summed E-state index contributed by atoms with van der Waals surface area (Å²) >= 11 is 0. The van der Waals surface area contributed by atoms with Crippen molar-refractivity contribution in [3.05, 3.63) is 111 Å². The number of piperidine rings is 1. The minimum atomic E-state index is -1.10. The summed E-state index contributed by atoms with van der Waals surface area (Å²) in [4.78, 5) is 41.5. The van der Waals surface area contributed by atoms with Gasteiger partial charge in [0, 0.05) is 36.3 Å². The average molecular weight is 690 g/mol. The number of hydrogen-bond donors (Lipinski definition) is 4. The summed E-state index contributed by atoms with van der Waals surface area (Å²) in [6, 6.07) is 18.8. The molecule has 262 valence electrons. The zero-order valence-corrected chi connectivity index (χ0v) is 28.6. The number of hydrogen-bond acceptors (Lipinski definition) is 8. The van der Waals surface area contributed by atoms with Crippen LogP contribution in [0.2, 0.25) is 0 Å². The van der Waals surface area contributed by atoms with Gasteiger partial charge in [0.05, 0.1) is 18.0 Å². The van der Waals surface area contributed by atoms with Crippen LogP contribution >= 0.6 is 0 Å². The minimum absolute atomic E-state index is 0.0439. The van der Waals surface area contributed by atoms with E-state index >= 15 is 0 Å². The van der Waals surface area contributed by atoms with Crippen LogP contribution in [0.1, 0.15) is 93.5 Å². The number of nitrogens with zero attached hydrogens (tertiary/aromatic N) is 5. The number of halogens is 1. The van der Waals surface area contributed by atoms with E-state index in [0.717, 1.165) is 34.2 Å². The van der Waals surface area contributed by atoms with Crippen LogP contribution in [0, 0.1) is 23.1 Å². The van der Waals surface area contributed by atoms with E-state index in [0.29, 0.717) is 55.2 Å². The van der Waals surface area contributed by atoms with Gasteiger partial charge in [-0.15, -0.1) is 10.2 Å². The van der Waals surface area contributed by atoms with Crippen LogP contribution in [0.15, 0.2) is 60.7 Å². The van der Waals surface area contributed by atoms with Gasteiger partial charge in [0.15, 0.2) is 5.82 Å². The normalized spacial score (nSPS) is 20.2. The summed E-state index contributed by atoms with van der Waals surface area (Å²) in [6.45, 7) is 4.65. The second-order valence-corrected chi connectivity index (χ2v) is 13.5. The predicted molar refractivity (Wildman–Crippen MR) is 185 cm³/mol. The number of nitrogens with one attached hydrogen (secondary N) is 4. The molecule has 13 heteroatoms. The van der Waals surface area contributed by atoms with Crippen LogP contribution in [0.3, 0.4) is 0 Å². The SMILES string of the molecule is CCNC(=O)c1ccc2c(c1)CCc1cc(C(=O)NCC)ccc1C2(C[C@@H](NCC(=O)N1C(C#N)C[C@@H]2C[C@@H]21)c1ccc(F)cc1)c1nn[nH]n1. The fourth-order valence-corrected chi connectivity index (χ4v) is 8.09. The van der Waals surface area contributed by atoms with Crippen LogP contribution < -0.4 is 16.0 Å². The minimum Gasteiger partial charge on any atom is -0.352 e. The Morgan fingerprint density at radius 1 is 0.961 bits per heavy atom. The van der Waals surface area contributed by atoms with E-state index < -0.39 is 23.3 Å². The van der Waals surface area contributed by atoms with Crippen molar-refractivity contribution in [2.75, 3.05) is 19.6 Å². The summed E-state index contributed by atoms with van der Waals surface area (Å²) in [5, 5.41) is 34.8. The molecule has 4 aromatic rings. The number of aromatic nitrogens is 4. The lowest BCUT2D eigenvalue weighted by Gasteiger charge is -2.37. The third-order valence-corrected chi connectivity index (χ3v) is 10.5. The molecular formula is C38H40FN9O3. The number of amides is 3. The van der Waals surface area contributed by atoms with Gasteiger partial charge in [0.25, 0.3) is 11.8 Å². The summed E-state index contributed by atoms with van der Waals surface area (Å²) in [5.74, 6) is -0.187. The molecule has 1 unspecified atom stereocenters. The Labute approximate surface area is 295 Å². The molecule has 0 spiro atoms. The molecule has 3 aromatic carbocycles. The molecule has 2 heterocycles. The largest absolute Gasteiger partial charge is 0.352 e. The Morgan fingerprint density at radius 2 is 1.59 bits per heavy atom. The van der Waals surface area contributed by atoms with Crippen molar-refractivity contribution in [3.63, 3.8) is 0 Å². The number of fused-ring (bicyclic) bond motifs is 3. The first kappa shape index (κ1) is 34.0. The van der Waals surface area contributed by atoms with Gasteiger partial charge < -0.3 is 20.9 Å². The Balaban J connectivity index is 1.37. The highest BCUT2D eigenvalue weighted by molar-refractivity contribution is 5.95. The third-order valence-electron chi connectivity index (χ3n) is 10.5. The molecule has 1 saturated heterocycles. The Hall–Kier alpha value is -5.48. The van der Waals surface area contributed by atoms with Crippen LogP contribution in [0.25, 0.3) is 0 Å². The van der Waals surface area contributed by atoms with E-state index in [1.807, 2.05) is 38.1 Å². The molecule has 2 fully saturated rings. The standard InChI is InChI=1S/C38H40FN9O3/c1-3-41-35(50)25-9-13-30-23(15-25)5-6-24-16-26(36(51)42-4-2)10-14-31(24)38(30,37-44-46-47-45-37)19-32(22-7-11-28(39)12-8-22)43-21-34(49)48-29(20-40)17-27-18-33(27)48/h7-16,27,29,32-33,43H,3-6,17-19,21H2,1-2H3,(H,41,50)(H,42,51)(H,44,45,46,47)/t27-,29?,32-,33+/m1/s1. The molecule has 2 aliphatic carbocycles. The second kappa shape index (κ2) is 14.0. The lowest BCUT2D eigenvalue weighted by molar-refractivity contribution is -0.131. The molecule has 4 atom stereocenters. The quantitative estimate of drug-likeness (QED) is 0.186. The fourth-order valence-electron chi connectivity index (χ4n) is 8.09. The van der Waals surface area contributed by atoms with Gasteiger partial charge in [0.1, 0.15) is 11.9 Å². The van der Waals surface area contributed by atoms with Crippen molar-refractivity contribution in [2.45, 2.75) is 69.5 Å². The van der Waals surface area contributed by atoms with Crippen LogP contribution in [0.5, 0.6) is 0 Å². The van der Waals surface area contributed by atoms with E-state index in [1.165, 1.54) is 12.1 Å². The van der Waals surface area contributed by atoms with Gasteiger partial charge in [-0.2, -0.15) is 10.5 Å². The number of tetrazole rings is 1. The molecule has 1 saturated carbocycles. The Kier molecular flexibility index (Phi) is 9.35. The third kappa shape index (κ3) is 6.36. The molecule has 7 rings (SSSR count). The average Bonchev–Trinajstić information content (AvgIpc) is 3.51. The highest BCUT2D eigenvalue weighted by atomic mass is 19.1. The highest BCUT2D eigenvalue weighted by Gasteiger charge is 2.54. The molecule has 51 heavy (non-hydrogen) atoms. The molecule has 12 nitrogen and oxygen atoms in total. The zero-order chi connectivity index (χ0) is 35.7. The van der Waals surface area contributed by atoms with Gasteiger partial charge >= 0.3 is 0 Å². The smallest absolute Gasteiger partial charge is 0.251 e. The van der Waals surface area contributed by atoms with Gasteiger partial charge in [-0.1, -0.05) is 29.5 Å². The molecule has 0 radical (unpaired) electrons. The van der Waals surface area contributed by atoms with Crippen molar-refractivity contribution in [3.8, 4) is 6.07 Å². The second-order valence-electron chi connectivity index (χ2n) is 13.5. The molecule has 0 bridgehead atoms. The van der Waals surface area contributed by atoms with Crippen LogP contribution in [-0.2, 0) is 23.1 Å². The first-order chi connectivity index (χ1) is 24.8. The molecule has 1 aromatic heterocycles. The van der Waals surface area contributed by atoms with Crippen molar-refractivity contribution >= 4 is 17.7 Å². The summed E-state index contributed by atoms with van der Waals surface area (Å²) in [5.41, 5.74) is 4.18. The van der Waals surface area contributed by atoms with Crippen molar-refractivity contribution in [1.29, 1.82) is 5.26 Å². The number of nitriles is 1. The zero-order valence-electron chi connectivity index (χ0n) is 28.6. The van der Waals surface area contributed by atoms with E-state index in [-0.39, 0.29) is 36.7 Å². The monoisotopic (exact) mass is 689 g/mol. The first-order valence-electron chi connectivity index (χ1n) is 17.5. The lowest BCUT2D eigenvalue weighted by Crippen LogP contribution is -2.45. The number of carbonyl (C=O) groups is 3. The fraction of sp³-hybridized carbons (Fsp3) is 0.395. The highest BCUT2D eigenvalue weighted by Crippen LogP contribution is 2.50. The Morgan fingerprint density at radius 3 is 2.14 bits per heavy atom. The predicted octanol–water partition coefficient (Wildman–Crippen LogP) is 3.51. The van der Waals surface area contributed by atoms with Gasteiger partial charge in [-0.3, -0.25) is 14.4 Å². The number of carbonyl (C=O) groups excluding carboxylic acids is 3. The number of aromatic amines is 1. The number of rotatable bonds is 11. The number of likely N-dealkylation sites (tertiary alicyclic amines) is 1. The Bertz CT molecular complexity index is 1920. The van der Waals surface area contributed by atoms with Crippen molar-refractivity contribution in [1.82, 2.24) is 41.5 Å². The number of benzene rings is 3. The number of H-pyrrole nitrogens is 1. The maximum atomic E-state index is 14.3. The van der Waals surface area contributed by atoms with Gasteiger partial charge in [-0.25, -0.2) is 4.39 Å². The van der Waals surface area contributed by atoms with Crippen LogP contribution in [0.4, 0.5) is 4.39 Å². The summed E-state index contributed by atoms with van der Waals surface area (Å²) in [6.07, 6.45) is 3.00. The maximum Gasteiger partial charge on any atom is 0.251 e. The topological polar surface area (TPSA) is 169 Å². The van der Waals surface area contributed by atoms with Crippen molar-refractivity contribution in [2.24, 2.45) is 5.92 Å². The van der Waals surface area contributed by atoms with E-state index in [9.17, 15) is 24.0 Å². The molecule has 3 aliphatic rings. The van der Waals surface area contributed by atoms with Crippen LogP contribution in [-0.4, -0.2) is 75.0 Å².